The molecule has 0 aromatic heterocycles. The lowest BCUT2D eigenvalue weighted by Crippen LogP contribution is -2.22. The molecule has 17 heavy (non-hydrogen) atoms. The fraction of sp³-hybridized carbons (Fsp3) is 0.500. The number of thioether (sulfide) groups is 1. The van der Waals surface area contributed by atoms with E-state index in [-0.39, 0.29) is 5.41 Å². The molecule has 2 rings (SSSR count). The lowest BCUT2D eigenvalue weighted by molar-refractivity contribution is 0.558. The fourth-order valence-electron chi connectivity index (χ4n) is 1.80. The van der Waals surface area contributed by atoms with Crippen molar-refractivity contribution < 1.29 is 0 Å². The van der Waals surface area contributed by atoms with Gasteiger partial charge in [0.1, 0.15) is 0 Å². The van der Waals surface area contributed by atoms with Crippen molar-refractivity contribution in [3.63, 3.8) is 0 Å². The molecule has 0 radical (unpaired) electrons. The molecule has 1 aliphatic rings. The van der Waals surface area contributed by atoms with Gasteiger partial charge in [0.05, 0.1) is 11.5 Å². The van der Waals surface area contributed by atoms with Crippen LogP contribution in [0.2, 0.25) is 0 Å². The highest BCUT2D eigenvalue weighted by Crippen LogP contribution is 2.44. The van der Waals surface area contributed by atoms with Crippen LogP contribution in [-0.2, 0) is 6.54 Å². The van der Waals surface area contributed by atoms with E-state index in [4.69, 9.17) is 5.26 Å². The maximum atomic E-state index is 8.96. The molecule has 1 N–H and O–H groups in total. The Labute approximate surface area is 107 Å². The molecular weight excluding hydrogens is 228 g/mol. The second-order valence-electron chi connectivity index (χ2n) is 4.57. The van der Waals surface area contributed by atoms with Crippen LogP contribution in [0.15, 0.2) is 29.2 Å². The molecule has 1 fully saturated rings. The Morgan fingerprint density at radius 1 is 1.35 bits per heavy atom. The summed E-state index contributed by atoms with van der Waals surface area (Å²) in [6.07, 6.45) is 2.12. The van der Waals surface area contributed by atoms with Gasteiger partial charge < -0.3 is 5.32 Å². The van der Waals surface area contributed by atoms with Gasteiger partial charge in [-0.15, -0.1) is 11.8 Å². The van der Waals surface area contributed by atoms with E-state index < -0.39 is 0 Å². The van der Waals surface area contributed by atoms with Gasteiger partial charge in [-0.3, -0.25) is 0 Å². The van der Waals surface area contributed by atoms with Crippen molar-refractivity contribution in [2.75, 3.05) is 12.3 Å². The number of nitrogens with zero attached hydrogens (tertiary/aromatic N) is 1. The molecule has 2 nitrogen and oxygen atoms in total. The quantitative estimate of drug-likeness (QED) is 0.783. The SMILES string of the molecule is CCSc1ccc(CNCC2(C#N)CC2)cc1. The zero-order chi connectivity index (χ0) is 12.1. The molecule has 0 atom stereocenters. The molecular formula is C14H18N2S. The number of hydrogen-bond acceptors (Lipinski definition) is 3. The van der Waals surface area contributed by atoms with Crippen LogP contribution in [0.25, 0.3) is 0 Å². The normalized spacial score (nSPS) is 16.5. The molecule has 0 aliphatic heterocycles. The van der Waals surface area contributed by atoms with Crippen molar-refractivity contribution in [2.24, 2.45) is 5.41 Å². The third kappa shape index (κ3) is 3.49. The average Bonchev–Trinajstić information content (AvgIpc) is 3.13. The van der Waals surface area contributed by atoms with Crippen molar-refractivity contribution in [1.29, 1.82) is 5.26 Å². The Balaban J connectivity index is 1.77. The fourth-order valence-corrected chi connectivity index (χ4v) is 2.46. The van der Waals surface area contributed by atoms with Gasteiger partial charge in [0.15, 0.2) is 0 Å². The van der Waals surface area contributed by atoms with E-state index in [2.05, 4.69) is 42.6 Å². The first-order chi connectivity index (χ1) is 8.28. The van der Waals surface area contributed by atoms with E-state index in [1.807, 2.05) is 11.8 Å². The van der Waals surface area contributed by atoms with Gasteiger partial charge in [-0.2, -0.15) is 5.26 Å². The third-order valence-electron chi connectivity index (χ3n) is 3.12. The lowest BCUT2D eigenvalue weighted by Gasteiger charge is -2.08. The Bertz CT molecular complexity index is 401. The van der Waals surface area contributed by atoms with E-state index in [0.29, 0.717) is 0 Å². The summed E-state index contributed by atoms with van der Waals surface area (Å²) in [5.74, 6) is 1.11. The van der Waals surface area contributed by atoms with Crippen molar-refractivity contribution in [3.8, 4) is 6.07 Å². The zero-order valence-corrected chi connectivity index (χ0v) is 11.0. The van der Waals surface area contributed by atoms with Crippen LogP contribution in [0, 0.1) is 16.7 Å². The van der Waals surface area contributed by atoms with Crippen molar-refractivity contribution in [1.82, 2.24) is 5.32 Å². The van der Waals surface area contributed by atoms with Gasteiger partial charge in [0, 0.05) is 18.0 Å². The highest BCUT2D eigenvalue weighted by atomic mass is 32.2. The van der Waals surface area contributed by atoms with Crippen LogP contribution in [0.1, 0.15) is 25.3 Å². The first kappa shape index (κ1) is 12.5. The summed E-state index contributed by atoms with van der Waals surface area (Å²) >= 11 is 1.86. The van der Waals surface area contributed by atoms with Crippen molar-refractivity contribution in [2.45, 2.75) is 31.2 Å². The van der Waals surface area contributed by atoms with Gasteiger partial charge >= 0.3 is 0 Å². The van der Waals surface area contributed by atoms with Gasteiger partial charge in [-0.25, -0.2) is 0 Å². The predicted octanol–water partition coefficient (Wildman–Crippen LogP) is 3.19. The maximum absolute atomic E-state index is 8.96. The van der Waals surface area contributed by atoms with Crippen molar-refractivity contribution >= 4 is 11.8 Å². The molecule has 0 bridgehead atoms. The van der Waals surface area contributed by atoms with E-state index in [1.54, 1.807) is 0 Å². The summed E-state index contributed by atoms with van der Waals surface area (Å²) in [4.78, 5) is 1.33. The molecule has 0 saturated heterocycles. The summed E-state index contributed by atoms with van der Waals surface area (Å²) in [6.45, 7) is 3.85. The Morgan fingerprint density at radius 3 is 2.59 bits per heavy atom. The maximum Gasteiger partial charge on any atom is 0.0703 e. The van der Waals surface area contributed by atoms with Crippen LogP contribution in [-0.4, -0.2) is 12.3 Å². The van der Waals surface area contributed by atoms with E-state index in [0.717, 1.165) is 31.7 Å². The largest absolute Gasteiger partial charge is 0.311 e. The monoisotopic (exact) mass is 246 g/mol. The lowest BCUT2D eigenvalue weighted by atomic mass is 10.1. The Hall–Kier alpha value is -0.980. The molecule has 1 aromatic rings. The summed E-state index contributed by atoms with van der Waals surface area (Å²) in [7, 11) is 0. The van der Waals surface area contributed by atoms with Gasteiger partial charge in [0.2, 0.25) is 0 Å². The molecule has 1 aliphatic carbocycles. The van der Waals surface area contributed by atoms with E-state index in [9.17, 15) is 0 Å². The first-order valence-electron chi connectivity index (χ1n) is 6.12. The first-order valence-corrected chi connectivity index (χ1v) is 7.10. The number of nitriles is 1. The molecule has 0 unspecified atom stereocenters. The number of hydrogen-bond donors (Lipinski definition) is 1. The molecule has 0 heterocycles. The van der Waals surface area contributed by atoms with Gasteiger partial charge in [0.25, 0.3) is 0 Å². The van der Waals surface area contributed by atoms with Gasteiger partial charge in [-0.05, 0) is 36.3 Å². The second kappa shape index (κ2) is 5.57. The third-order valence-corrected chi connectivity index (χ3v) is 4.01. The van der Waals surface area contributed by atoms with Crippen molar-refractivity contribution in [3.05, 3.63) is 29.8 Å². The van der Waals surface area contributed by atoms with E-state index in [1.165, 1.54) is 10.5 Å². The van der Waals surface area contributed by atoms with Gasteiger partial charge in [-0.1, -0.05) is 19.1 Å². The van der Waals surface area contributed by atoms with Crippen LogP contribution < -0.4 is 5.32 Å². The number of nitrogens with one attached hydrogen (secondary N) is 1. The zero-order valence-electron chi connectivity index (χ0n) is 10.2. The van der Waals surface area contributed by atoms with Crippen LogP contribution in [0.3, 0.4) is 0 Å². The smallest absolute Gasteiger partial charge is 0.0703 e. The van der Waals surface area contributed by atoms with Crippen LogP contribution >= 0.6 is 11.8 Å². The number of rotatable bonds is 6. The minimum absolute atomic E-state index is 0.0436. The Kier molecular flexibility index (Phi) is 4.09. The second-order valence-corrected chi connectivity index (χ2v) is 5.91. The molecule has 1 aromatic carbocycles. The predicted molar refractivity (Wildman–Crippen MR) is 71.8 cm³/mol. The molecule has 1 saturated carbocycles. The Morgan fingerprint density at radius 2 is 2.06 bits per heavy atom. The summed E-state index contributed by atoms with van der Waals surface area (Å²) in [5, 5.41) is 12.3. The summed E-state index contributed by atoms with van der Waals surface area (Å²) < 4.78 is 0. The average molecular weight is 246 g/mol. The minimum atomic E-state index is -0.0436. The molecule has 0 spiro atoms. The summed E-state index contributed by atoms with van der Waals surface area (Å²) in [6, 6.07) is 11.1. The topological polar surface area (TPSA) is 35.8 Å². The molecule has 0 amide bonds. The van der Waals surface area contributed by atoms with Crippen LogP contribution in [0.5, 0.6) is 0 Å². The molecule has 3 heteroatoms. The highest BCUT2D eigenvalue weighted by Gasteiger charge is 2.42. The number of benzene rings is 1. The van der Waals surface area contributed by atoms with Crippen LogP contribution in [0.4, 0.5) is 0 Å². The highest BCUT2D eigenvalue weighted by molar-refractivity contribution is 7.99. The summed E-state index contributed by atoms with van der Waals surface area (Å²) in [5.41, 5.74) is 1.25. The van der Waals surface area contributed by atoms with E-state index >= 15 is 0 Å². The molecule has 90 valence electrons. The minimum Gasteiger partial charge on any atom is -0.311 e. The standard InChI is InChI=1S/C14H18N2S/c1-2-17-13-5-3-12(4-6-13)9-16-11-14(10-15)7-8-14/h3-6,16H,2,7-9,11H2,1H3.